The Morgan fingerprint density at radius 2 is 1.87 bits per heavy atom. The maximum atomic E-state index is 12.0. The van der Waals surface area contributed by atoms with Crippen molar-refractivity contribution >= 4 is 6.03 Å². The van der Waals surface area contributed by atoms with E-state index in [1.807, 2.05) is 0 Å². The summed E-state index contributed by atoms with van der Waals surface area (Å²) >= 11 is 0. The van der Waals surface area contributed by atoms with Gasteiger partial charge in [0.15, 0.2) is 0 Å². The molecule has 4 nitrogen and oxygen atoms in total. The molecule has 0 atom stereocenters. The van der Waals surface area contributed by atoms with E-state index in [-0.39, 0.29) is 11.8 Å². The highest BCUT2D eigenvalue weighted by Crippen LogP contribution is 2.28. The molecular weight excluding hydrogens is 302 g/mol. The minimum atomic E-state index is -2.83. The zero-order valence-corrected chi connectivity index (χ0v) is 13.2. The second-order valence-electron chi connectivity index (χ2n) is 5.92. The summed E-state index contributed by atoms with van der Waals surface area (Å²) in [5.41, 5.74) is 0.827. The molecule has 2 amide bonds. The van der Waals surface area contributed by atoms with Gasteiger partial charge in [0.2, 0.25) is 0 Å². The van der Waals surface area contributed by atoms with Crippen molar-refractivity contribution in [2.75, 3.05) is 6.54 Å². The average Bonchev–Trinajstić information content (AvgIpc) is 3.04. The van der Waals surface area contributed by atoms with Crippen LogP contribution in [0.25, 0.3) is 0 Å². The number of carbonyl (C=O) groups excluding carboxylic acids is 1. The molecule has 1 fully saturated rings. The van der Waals surface area contributed by atoms with E-state index in [9.17, 15) is 13.6 Å². The predicted octanol–water partition coefficient (Wildman–Crippen LogP) is 4.06. The molecule has 0 unspecified atom stereocenters. The summed E-state index contributed by atoms with van der Waals surface area (Å²) in [6, 6.07) is 6.02. The van der Waals surface area contributed by atoms with E-state index in [2.05, 4.69) is 15.4 Å². The van der Waals surface area contributed by atoms with E-state index in [0.717, 1.165) is 17.9 Å². The predicted molar refractivity (Wildman–Crippen MR) is 84.5 cm³/mol. The molecule has 1 aliphatic rings. The highest BCUT2D eigenvalue weighted by Gasteiger charge is 2.14. The molecule has 0 radical (unpaired) electrons. The molecule has 0 bridgehead atoms. The number of urea groups is 1. The highest BCUT2D eigenvalue weighted by atomic mass is 19.3. The summed E-state index contributed by atoms with van der Waals surface area (Å²) in [6.45, 7) is -1.79. The van der Waals surface area contributed by atoms with Crippen molar-refractivity contribution in [1.82, 2.24) is 10.6 Å². The van der Waals surface area contributed by atoms with Crippen LogP contribution in [0.4, 0.5) is 13.6 Å². The van der Waals surface area contributed by atoms with E-state index in [0.29, 0.717) is 13.1 Å². The number of halogens is 2. The number of rotatable bonds is 8. The molecule has 6 heteroatoms. The maximum Gasteiger partial charge on any atom is 0.387 e. The van der Waals surface area contributed by atoms with Crippen molar-refractivity contribution in [3.63, 3.8) is 0 Å². The number of hydrogen-bond acceptors (Lipinski definition) is 2. The molecule has 128 valence electrons. The van der Waals surface area contributed by atoms with Crippen molar-refractivity contribution in [2.24, 2.45) is 5.92 Å². The molecule has 2 rings (SSSR count). The van der Waals surface area contributed by atoms with Crippen molar-refractivity contribution in [1.29, 1.82) is 0 Å². The first-order valence-corrected chi connectivity index (χ1v) is 8.19. The Morgan fingerprint density at radius 3 is 2.52 bits per heavy atom. The Kier molecular flexibility index (Phi) is 7.10. The summed E-state index contributed by atoms with van der Waals surface area (Å²) in [4.78, 5) is 11.7. The monoisotopic (exact) mass is 326 g/mol. The Labute approximate surface area is 135 Å². The largest absolute Gasteiger partial charge is 0.435 e. The third kappa shape index (κ3) is 6.84. The van der Waals surface area contributed by atoms with Gasteiger partial charge in [0.1, 0.15) is 5.75 Å². The quantitative estimate of drug-likeness (QED) is 0.708. The Bertz CT molecular complexity index is 474. The normalized spacial score (nSPS) is 14.9. The van der Waals surface area contributed by atoms with Crippen LogP contribution in [0.1, 0.15) is 44.1 Å². The van der Waals surface area contributed by atoms with Gasteiger partial charge in [-0.25, -0.2) is 4.79 Å². The molecule has 1 aliphatic carbocycles. The van der Waals surface area contributed by atoms with Gasteiger partial charge in [-0.2, -0.15) is 8.78 Å². The molecule has 1 aromatic rings. The maximum absolute atomic E-state index is 12.0. The molecule has 0 spiro atoms. The van der Waals surface area contributed by atoms with E-state index in [1.165, 1.54) is 44.2 Å². The summed E-state index contributed by atoms with van der Waals surface area (Å²) in [5.74, 6) is 0.953. The molecule has 0 saturated heterocycles. The van der Waals surface area contributed by atoms with Crippen LogP contribution in [-0.4, -0.2) is 19.2 Å². The molecule has 0 aliphatic heterocycles. The summed E-state index contributed by atoms with van der Waals surface area (Å²) in [5, 5.41) is 5.59. The van der Waals surface area contributed by atoms with Gasteiger partial charge in [0, 0.05) is 13.1 Å². The smallest absolute Gasteiger partial charge is 0.387 e. The number of ether oxygens (including phenoxy) is 1. The molecule has 2 N–H and O–H groups in total. The standard InChI is InChI=1S/C17H24F2N2O2/c18-16(19)23-15-9-7-14(8-10-15)12-21-17(22)20-11-3-6-13-4-1-2-5-13/h7-10,13,16H,1-6,11-12H2,(H2,20,21,22). The number of alkyl halides is 2. The fraction of sp³-hybridized carbons (Fsp3) is 0.588. The van der Waals surface area contributed by atoms with Gasteiger partial charge in [-0.15, -0.1) is 0 Å². The van der Waals surface area contributed by atoms with Crippen LogP contribution >= 0.6 is 0 Å². The lowest BCUT2D eigenvalue weighted by Gasteiger charge is -2.10. The van der Waals surface area contributed by atoms with Crippen LogP contribution in [0.3, 0.4) is 0 Å². The molecule has 1 saturated carbocycles. The molecule has 0 heterocycles. The molecule has 0 aromatic heterocycles. The fourth-order valence-corrected chi connectivity index (χ4v) is 2.93. The van der Waals surface area contributed by atoms with Gasteiger partial charge >= 0.3 is 12.6 Å². The highest BCUT2D eigenvalue weighted by molar-refractivity contribution is 5.73. The van der Waals surface area contributed by atoms with Crippen LogP contribution in [0, 0.1) is 5.92 Å². The van der Waals surface area contributed by atoms with Crippen molar-refractivity contribution in [3.8, 4) is 5.75 Å². The van der Waals surface area contributed by atoms with E-state index in [1.54, 1.807) is 12.1 Å². The van der Waals surface area contributed by atoms with Crippen LogP contribution in [-0.2, 0) is 6.54 Å². The lowest BCUT2D eigenvalue weighted by molar-refractivity contribution is -0.0498. The lowest BCUT2D eigenvalue weighted by Crippen LogP contribution is -2.35. The zero-order valence-electron chi connectivity index (χ0n) is 13.2. The minimum Gasteiger partial charge on any atom is -0.435 e. The number of amides is 2. The number of hydrogen-bond donors (Lipinski definition) is 2. The van der Waals surface area contributed by atoms with Crippen LogP contribution < -0.4 is 15.4 Å². The van der Waals surface area contributed by atoms with Gasteiger partial charge in [-0.3, -0.25) is 0 Å². The lowest BCUT2D eigenvalue weighted by atomic mass is 10.0. The second-order valence-corrected chi connectivity index (χ2v) is 5.92. The average molecular weight is 326 g/mol. The summed E-state index contributed by atoms with van der Waals surface area (Å²) in [7, 11) is 0. The Hall–Kier alpha value is -1.85. The van der Waals surface area contributed by atoms with Crippen molar-refractivity contribution < 1.29 is 18.3 Å². The zero-order chi connectivity index (χ0) is 16.5. The summed E-state index contributed by atoms with van der Waals surface area (Å²) < 4.78 is 28.3. The Balaban J connectivity index is 1.58. The second kappa shape index (κ2) is 9.33. The van der Waals surface area contributed by atoms with Gasteiger partial charge in [0.05, 0.1) is 0 Å². The van der Waals surface area contributed by atoms with Crippen molar-refractivity contribution in [2.45, 2.75) is 51.7 Å². The fourth-order valence-electron chi connectivity index (χ4n) is 2.93. The number of carbonyl (C=O) groups is 1. The SMILES string of the molecule is O=C(NCCCC1CCCC1)NCc1ccc(OC(F)F)cc1. The third-order valence-electron chi connectivity index (χ3n) is 4.15. The van der Waals surface area contributed by atoms with Gasteiger partial charge < -0.3 is 15.4 Å². The van der Waals surface area contributed by atoms with Crippen LogP contribution in [0.5, 0.6) is 5.75 Å². The van der Waals surface area contributed by atoms with Crippen LogP contribution in [0.2, 0.25) is 0 Å². The van der Waals surface area contributed by atoms with E-state index in [4.69, 9.17) is 0 Å². The minimum absolute atomic E-state index is 0.111. The van der Waals surface area contributed by atoms with Gasteiger partial charge in [0.25, 0.3) is 0 Å². The van der Waals surface area contributed by atoms with Crippen molar-refractivity contribution in [3.05, 3.63) is 29.8 Å². The Morgan fingerprint density at radius 1 is 1.17 bits per heavy atom. The molecule has 23 heavy (non-hydrogen) atoms. The third-order valence-corrected chi connectivity index (χ3v) is 4.15. The first-order chi connectivity index (χ1) is 11.1. The molecular formula is C17H24F2N2O2. The van der Waals surface area contributed by atoms with Gasteiger partial charge in [-0.1, -0.05) is 37.8 Å². The number of nitrogens with one attached hydrogen (secondary N) is 2. The molecule has 1 aromatic carbocycles. The first-order valence-electron chi connectivity index (χ1n) is 8.19. The topological polar surface area (TPSA) is 50.4 Å². The van der Waals surface area contributed by atoms with Crippen LogP contribution in [0.15, 0.2) is 24.3 Å². The van der Waals surface area contributed by atoms with E-state index >= 15 is 0 Å². The first kappa shape index (κ1) is 17.5. The summed E-state index contributed by atoms with van der Waals surface area (Å²) in [6.07, 6.45) is 7.55. The van der Waals surface area contributed by atoms with Gasteiger partial charge in [-0.05, 0) is 36.5 Å². The number of benzene rings is 1. The van der Waals surface area contributed by atoms with E-state index < -0.39 is 6.61 Å².